The van der Waals surface area contributed by atoms with E-state index in [1.165, 1.54) is 31.0 Å². The number of rotatable bonds is 5. The highest BCUT2D eigenvalue weighted by Crippen LogP contribution is 2.33. The highest BCUT2D eigenvalue weighted by molar-refractivity contribution is 8.00. The summed E-state index contributed by atoms with van der Waals surface area (Å²) in [4.78, 5) is 12.1. The number of benzene rings is 1. The van der Waals surface area contributed by atoms with Crippen LogP contribution in [0, 0.1) is 11.8 Å². The van der Waals surface area contributed by atoms with Gasteiger partial charge in [0, 0.05) is 16.6 Å². The van der Waals surface area contributed by atoms with E-state index < -0.39 is 0 Å². The highest BCUT2D eigenvalue weighted by atomic mass is 32.2. The maximum atomic E-state index is 10.9. The molecule has 0 spiro atoms. The zero-order valence-corrected chi connectivity index (χ0v) is 13.1. The lowest BCUT2D eigenvalue weighted by molar-refractivity contribution is -0.115. The summed E-state index contributed by atoms with van der Waals surface area (Å²) in [7, 11) is 0. The third kappa shape index (κ3) is 4.17. The van der Waals surface area contributed by atoms with Gasteiger partial charge in [-0.2, -0.15) is 0 Å². The number of carbonyl (C=O) groups excluding carboxylic acids is 1. The van der Waals surface area contributed by atoms with Gasteiger partial charge in [0.2, 0.25) is 5.91 Å². The lowest BCUT2D eigenvalue weighted by Gasteiger charge is -2.34. The van der Waals surface area contributed by atoms with Crippen molar-refractivity contribution in [1.29, 1.82) is 0 Å². The van der Waals surface area contributed by atoms with Crippen LogP contribution in [-0.4, -0.2) is 17.7 Å². The first-order chi connectivity index (χ1) is 9.56. The molecular formula is C16H24N2OS. The van der Waals surface area contributed by atoms with E-state index in [9.17, 15) is 4.79 Å². The zero-order valence-electron chi connectivity index (χ0n) is 12.3. The minimum absolute atomic E-state index is 0.274. The number of primary amides is 1. The number of amides is 1. The Kier molecular flexibility index (Phi) is 5.35. The third-order valence-electron chi connectivity index (χ3n) is 4.06. The summed E-state index contributed by atoms with van der Waals surface area (Å²) in [5.41, 5.74) is 6.36. The number of thioether (sulfide) groups is 1. The summed E-state index contributed by atoms with van der Waals surface area (Å²) in [5, 5.41) is 3.68. The second-order valence-electron chi connectivity index (χ2n) is 5.90. The molecule has 110 valence electrons. The second kappa shape index (κ2) is 7.02. The normalized spacial score (nSPS) is 26.2. The molecule has 1 aromatic rings. The van der Waals surface area contributed by atoms with Crippen LogP contribution in [0.5, 0.6) is 0 Å². The maximum absolute atomic E-state index is 10.9. The molecule has 1 aliphatic rings. The first-order valence-electron chi connectivity index (χ1n) is 7.33. The Bertz CT molecular complexity index is 464. The molecule has 0 aliphatic heterocycles. The smallest absolute Gasteiger partial charge is 0.227 e. The van der Waals surface area contributed by atoms with Crippen molar-refractivity contribution in [2.45, 2.75) is 44.0 Å². The number of carbonyl (C=O) groups is 1. The van der Waals surface area contributed by atoms with Crippen molar-refractivity contribution in [2.75, 3.05) is 11.1 Å². The summed E-state index contributed by atoms with van der Waals surface area (Å²) in [6.45, 7) is 4.65. The molecule has 3 N–H and O–H groups in total. The molecule has 1 aliphatic carbocycles. The molecule has 3 unspecified atom stereocenters. The molecule has 1 fully saturated rings. The summed E-state index contributed by atoms with van der Waals surface area (Å²) >= 11 is 1.51. The molecular weight excluding hydrogens is 268 g/mol. The molecule has 3 atom stereocenters. The predicted molar refractivity (Wildman–Crippen MR) is 86.0 cm³/mol. The minimum atomic E-state index is -0.274. The van der Waals surface area contributed by atoms with Gasteiger partial charge in [-0.3, -0.25) is 4.79 Å². The first kappa shape index (κ1) is 15.2. The number of anilines is 1. The fraction of sp³-hybridized carbons (Fsp3) is 0.562. The average Bonchev–Trinajstić information content (AvgIpc) is 2.42. The molecule has 1 saturated carbocycles. The van der Waals surface area contributed by atoms with E-state index in [1.54, 1.807) is 0 Å². The fourth-order valence-corrected chi connectivity index (χ4v) is 3.55. The molecule has 4 heteroatoms. The maximum Gasteiger partial charge on any atom is 0.227 e. The summed E-state index contributed by atoms with van der Waals surface area (Å²) in [6.07, 6.45) is 3.84. The van der Waals surface area contributed by atoms with E-state index in [2.05, 4.69) is 25.2 Å². The van der Waals surface area contributed by atoms with Crippen LogP contribution in [0.3, 0.4) is 0 Å². The first-order valence-corrected chi connectivity index (χ1v) is 8.31. The monoisotopic (exact) mass is 292 g/mol. The SMILES string of the molecule is CC1CCC(C)C(Nc2ccccc2SCC(N)=O)C1. The van der Waals surface area contributed by atoms with E-state index >= 15 is 0 Å². The quantitative estimate of drug-likeness (QED) is 0.817. The largest absolute Gasteiger partial charge is 0.381 e. The van der Waals surface area contributed by atoms with E-state index in [0.29, 0.717) is 17.7 Å². The fourth-order valence-electron chi connectivity index (χ4n) is 2.79. The lowest BCUT2D eigenvalue weighted by atomic mass is 9.80. The van der Waals surface area contributed by atoms with Crippen LogP contribution in [0.4, 0.5) is 5.69 Å². The van der Waals surface area contributed by atoms with Crippen LogP contribution >= 0.6 is 11.8 Å². The predicted octanol–water partition coefficient (Wildman–Crippen LogP) is 3.50. The molecule has 1 aromatic carbocycles. The van der Waals surface area contributed by atoms with Gasteiger partial charge in [0.05, 0.1) is 5.75 Å². The van der Waals surface area contributed by atoms with Gasteiger partial charge < -0.3 is 11.1 Å². The van der Waals surface area contributed by atoms with E-state index in [1.807, 2.05) is 18.2 Å². The van der Waals surface area contributed by atoms with Gasteiger partial charge in [-0.15, -0.1) is 11.8 Å². The Morgan fingerprint density at radius 3 is 2.85 bits per heavy atom. The van der Waals surface area contributed by atoms with Gasteiger partial charge >= 0.3 is 0 Å². The number of para-hydroxylation sites is 1. The number of nitrogens with two attached hydrogens (primary N) is 1. The summed E-state index contributed by atoms with van der Waals surface area (Å²) in [5.74, 6) is 1.54. The van der Waals surface area contributed by atoms with E-state index in [-0.39, 0.29) is 5.91 Å². The van der Waals surface area contributed by atoms with Gasteiger partial charge in [0.15, 0.2) is 0 Å². The molecule has 20 heavy (non-hydrogen) atoms. The van der Waals surface area contributed by atoms with Crippen LogP contribution in [0.15, 0.2) is 29.2 Å². The van der Waals surface area contributed by atoms with Crippen LogP contribution < -0.4 is 11.1 Å². The highest BCUT2D eigenvalue weighted by Gasteiger charge is 2.25. The summed E-state index contributed by atoms with van der Waals surface area (Å²) < 4.78 is 0. The lowest BCUT2D eigenvalue weighted by Crippen LogP contribution is -2.33. The minimum Gasteiger partial charge on any atom is -0.381 e. The van der Waals surface area contributed by atoms with Crippen molar-refractivity contribution in [2.24, 2.45) is 17.6 Å². The van der Waals surface area contributed by atoms with Crippen LogP contribution in [-0.2, 0) is 4.79 Å². The van der Waals surface area contributed by atoms with Crippen LogP contribution in [0.1, 0.15) is 33.1 Å². The Hall–Kier alpha value is -1.16. The Morgan fingerprint density at radius 2 is 2.10 bits per heavy atom. The van der Waals surface area contributed by atoms with E-state index in [4.69, 9.17) is 5.73 Å². The average molecular weight is 292 g/mol. The van der Waals surface area contributed by atoms with Gasteiger partial charge in [-0.1, -0.05) is 32.4 Å². The van der Waals surface area contributed by atoms with Crippen molar-refractivity contribution in [3.8, 4) is 0 Å². The third-order valence-corrected chi connectivity index (χ3v) is 5.15. The van der Waals surface area contributed by atoms with Gasteiger partial charge in [-0.25, -0.2) is 0 Å². The van der Waals surface area contributed by atoms with Crippen molar-refractivity contribution in [3.05, 3.63) is 24.3 Å². The number of nitrogens with one attached hydrogen (secondary N) is 1. The topological polar surface area (TPSA) is 55.1 Å². The van der Waals surface area contributed by atoms with Crippen molar-refractivity contribution in [1.82, 2.24) is 0 Å². The van der Waals surface area contributed by atoms with Crippen molar-refractivity contribution >= 4 is 23.4 Å². The Labute approximate surface area is 125 Å². The molecule has 0 aromatic heterocycles. The Morgan fingerprint density at radius 1 is 1.35 bits per heavy atom. The van der Waals surface area contributed by atoms with Crippen LogP contribution in [0.25, 0.3) is 0 Å². The van der Waals surface area contributed by atoms with Gasteiger partial charge in [0.25, 0.3) is 0 Å². The standard InChI is InChI=1S/C16H24N2OS/c1-11-7-8-12(2)14(9-11)18-13-5-3-4-6-15(13)20-10-16(17)19/h3-6,11-12,14,18H,7-10H2,1-2H3,(H2,17,19). The zero-order chi connectivity index (χ0) is 14.5. The molecule has 2 rings (SSSR count). The van der Waals surface area contributed by atoms with Crippen molar-refractivity contribution in [3.63, 3.8) is 0 Å². The second-order valence-corrected chi connectivity index (χ2v) is 6.91. The number of hydrogen-bond acceptors (Lipinski definition) is 3. The molecule has 0 radical (unpaired) electrons. The van der Waals surface area contributed by atoms with E-state index in [0.717, 1.165) is 16.5 Å². The molecule has 0 saturated heterocycles. The van der Waals surface area contributed by atoms with Gasteiger partial charge in [-0.05, 0) is 36.8 Å². The molecule has 3 nitrogen and oxygen atoms in total. The number of hydrogen-bond donors (Lipinski definition) is 2. The molecule has 0 bridgehead atoms. The summed E-state index contributed by atoms with van der Waals surface area (Å²) in [6, 6.07) is 8.70. The van der Waals surface area contributed by atoms with Crippen LogP contribution in [0.2, 0.25) is 0 Å². The van der Waals surface area contributed by atoms with Crippen molar-refractivity contribution < 1.29 is 4.79 Å². The molecule has 1 amide bonds. The van der Waals surface area contributed by atoms with Gasteiger partial charge in [0.1, 0.15) is 0 Å². The Balaban J connectivity index is 2.06. The molecule has 0 heterocycles.